The Morgan fingerprint density at radius 2 is 1.03 bits per heavy atom. The summed E-state index contributed by atoms with van der Waals surface area (Å²) in [7, 11) is 0. The first-order valence-electron chi connectivity index (χ1n) is 20.8. The van der Waals surface area contributed by atoms with Crippen molar-refractivity contribution in [3.05, 3.63) is 217 Å². The molecule has 0 radical (unpaired) electrons. The largest absolute Gasteiger partial charge is 0.456 e. The molecule has 0 saturated carbocycles. The van der Waals surface area contributed by atoms with Crippen molar-refractivity contribution in [3.63, 3.8) is 0 Å². The van der Waals surface area contributed by atoms with Crippen molar-refractivity contribution >= 4 is 60.8 Å². The van der Waals surface area contributed by atoms with E-state index in [2.05, 4.69) is 217 Å². The number of rotatable bonds is 6. The van der Waals surface area contributed by atoms with Crippen LogP contribution in [-0.2, 0) is 5.41 Å². The highest BCUT2D eigenvalue weighted by molar-refractivity contribution is 6.11. The fourth-order valence-electron chi connectivity index (χ4n) is 10.0. The summed E-state index contributed by atoms with van der Waals surface area (Å²) in [5.41, 5.74) is 18.4. The number of anilines is 3. The summed E-state index contributed by atoms with van der Waals surface area (Å²) in [5, 5.41) is 4.68. The van der Waals surface area contributed by atoms with Crippen LogP contribution in [-0.4, -0.2) is 4.57 Å². The van der Waals surface area contributed by atoms with E-state index in [-0.39, 0.29) is 5.41 Å². The predicted octanol–water partition coefficient (Wildman–Crippen LogP) is 15.8. The van der Waals surface area contributed by atoms with Crippen LogP contribution >= 0.6 is 0 Å². The molecule has 0 spiro atoms. The van der Waals surface area contributed by atoms with Crippen LogP contribution in [0, 0.1) is 0 Å². The van der Waals surface area contributed by atoms with Gasteiger partial charge in [-0.1, -0.05) is 159 Å². The van der Waals surface area contributed by atoms with Crippen molar-refractivity contribution in [1.82, 2.24) is 4.57 Å². The third-order valence-corrected chi connectivity index (χ3v) is 12.8. The minimum atomic E-state index is -0.116. The molecule has 3 nitrogen and oxygen atoms in total. The van der Waals surface area contributed by atoms with Crippen molar-refractivity contribution in [2.75, 3.05) is 4.90 Å². The summed E-state index contributed by atoms with van der Waals surface area (Å²) in [6, 6.07) is 75.0. The highest BCUT2D eigenvalue weighted by atomic mass is 16.3. The molecule has 60 heavy (non-hydrogen) atoms. The second-order valence-corrected chi connectivity index (χ2v) is 16.5. The lowest BCUT2D eigenvalue weighted by Crippen LogP contribution is -2.15. The lowest BCUT2D eigenvalue weighted by Gasteiger charge is -2.30. The number of nitrogens with zero attached hydrogens (tertiary/aromatic N) is 2. The average Bonchev–Trinajstić information content (AvgIpc) is 3.92. The van der Waals surface area contributed by atoms with Crippen LogP contribution < -0.4 is 4.90 Å². The Hall–Kier alpha value is -7.62. The van der Waals surface area contributed by atoms with Crippen LogP contribution in [0.1, 0.15) is 25.0 Å². The first-order chi connectivity index (χ1) is 29.5. The van der Waals surface area contributed by atoms with Crippen molar-refractivity contribution in [1.29, 1.82) is 0 Å². The maximum Gasteiger partial charge on any atom is 0.135 e. The van der Waals surface area contributed by atoms with E-state index in [0.29, 0.717) is 0 Å². The Morgan fingerprint density at radius 1 is 0.417 bits per heavy atom. The summed E-state index contributed by atoms with van der Waals surface area (Å²) in [5.74, 6) is 0. The Morgan fingerprint density at radius 3 is 1.88 bits per heavy atom. The SMILES string of the molecule is CC1(C)c2ccccc2-c2c(-c3ccccc3N(c3ccc4c5ccccc5n(-c5ccccc5)c4c3)c3ccccc3-c3ccc4oc5ccccc5c4c3)cccc21. The predicted molar refractivity (Wildman–Crippen MR) is 251 cm³/mol. The number of benzene rings is 9. The van der Waals surface area contributed by atoms with E-state index in [0.717, 1.165) is 61.3 Å². The van der Waals surface area contributed by atoms with Crippen molar-refractivity contribution < 1.29 is 4.42 Å². The minimum absolute atomic E-state index is 0.116. The smallest absolute Gasteiger partial charge is 0.135 e. The van der Waals surface area contributed by atoms with Crippen molar-refractivity contribution in [3.8, 4) is 39.1 Å². The van der Waals surface area contributed by atoms with Gasteiger partial charge in [0.05, 0.1) is 22.4 Å². The molecule has 0 unspecified atom stereocenters. The fraction of sp³-hybridized carbons (Fsp3) is 0.0526. The van der Waals surface area contributed by atoms with Crippen molar-refractivity contribution in [2.24, 2.45) is 0 Å². The van der Waals surface area contributed by atoms with Crippen LogP contribution in [0.2, 0.25) is 0 Å². The summed E-state index contributed by atoms with van der Waals surface area (Å²) in [4.78, 5) is 2.49. The van der Waals surface area contributed by atoms with Crippen LogP contribution in [0.4, 0.5) is 17.1 Å². The van der Waals surface area contributed by atoms with Gasteiger partial charge in [-0.3, -0.25) is 0 Å². The number of furan rings is 1. The van der Waals surface area contributed by atoms with Crippen molar-refractivity contribution in [2.45, 2.75) is 19.3 Å². The van der Waals surface area contributed by atoms with Gasteiger partial charge in [0.15, 0.2) is 0 Å². The zero-order valence-electron chi connectivity index (χ0n) is 33.4. The molecular weight excluding hydrogens is 729 g/mol. The van der Waals surface area contributed by atoms with Gasteiger partial charge in [-0.25, -0.2) is 0 Å². The zero-order valence-corrected chi connectivity index (χ0v) is 33.4. The molecule has 0 saturated heterocycles. The summed E-state index contributed by atoms with van der Waals surface area (Å²) >= 11 is 0. The van der Waals surface area contributed by atoms with Gasteiger partial charge in [0.1, 0.15) is 11.2 Å². The zero-order chi connectivity index (χ0) is 40.0. The van der Waals surface area contributed by atoms with Gasteiger partial charge in [-0.15, -0.1) is 0 Å². The number of para-hydroxylation sites is 5. The lowest BCUT2D eigenvalue weighted by atomic mass is 9.82. The number of fused-ring (bicyclic) bond motifs is 9. The number of hydrogen-bond donors (Lipinski definition) is 0. The molecule has 0 N–H and O–H groups in total. The standard InChI is InChI=1S/C57H40N2O/c1-57(2)48-25-11-6-23-46(48)56-45(24-16-26-49(56)57)42-21-9-14-29-52(42)59(39-32-33-43-41-20-8-13-28-51(41)58(53(43)36-39)38-17-4-3-5-18-38)50-27-12-7-19-40(50)37-31-34-55-47(35-37)44-22-10-15-30-54(44)60-55/h3-36H,1-2H3. The third kappa shape index (κ3) is 5.09. The van der Waals surface area contributed by atoms with E-state index in [9.17, 15) is 0 Å². The first-order valence-corrected chi connectivity index (χ1v) is 20.8. The molecule has 0 bridgehead atoms. The Balaban J connectivity index is 1.15. The molecule has 284 valence electrons. The fourth-order valence-corrected chi connectivity index (χ4v) is 10.0. The average molecular weight is 769 g/mol. The van der Waals surface area contributed by atoms with E-state index >= 15 is 0 Å². The van der Waals surface area contributed by atoms with Crippen LogP contribution in [0.5, 0.6) is 0 Å². The molecule has 11 aromatic rings. The number of hydrogen-bond acceptors (Lipinski definition) is 2. The van der Waals surface area contributed by atoms with Gasteiger partial charge in [0.2, 0.25) is 0 Å². The molecule has 3 heteroatoms. The van der Waals surface area contributed by atoms with E-state index in [1.807, 2.05) is 12.1 Å². The maximum absolute atomic E-state index is 6.30. The Labute approximate surface area is 349 Å². The van der Waals surface area contributed by atoms with Gasteiger partial charge in [0, 0.05) is 49.5 Å². The van der Waals surface area contributed by atoms with Gasteiger partial charge in [-0.05, 0) is 94.0 Å². The van der Waals surface area contributed by atoms with E-state index in [1.165, 1.54) is 49.7 Å². The molecule has 0 fully saturated rings. The molecule has 9 aromatic carbocycles. The molecule has 0 atom stereocenters. The van der Waals surface area contributed by atoms with Crippen LogP contribution in [0.3, 0.4) is 0 Å². The normalized spacial score (nSPS) is 13.0. The minimum Gasteiger partial charge on any atom is -0.456 e. The molecular formula is C57H40N2O. The summed E-state index contributed by atoms with van der Waals surface area (Å²) < 4.78 is 8.71. The lowest BCUT2D eigenvalue weighted by molar-refractivity contribution is 0.660. The first kappa shape index (κ1) is 34.4. The second-order valence-electron chi connectivity index (χ2n) is 16.5. The van der Waals surface area contributed by atoms with E-state index < -0.39 is 0 Å². The highest BCUT2D eigenvalue weighted by Crippen LogP contribution is 2.54. The van der Waals surface area contributed by atoms with E-state index in [4.69, 9.17) is 4.42 Å². The molecule has 0 amide bonds. The van der Waals surface area contributed by atoms with Gasteiger partial charge >= 0.3 is 0 Å². The third-order valence-electron chi connectivity index (χ3n) is 12.8. The Kier molecular flexibility index (Phi) is 7.58. The van der Waals surface area contributed by atoms with Gasteiger partial charge in [-0.2, -0.15) is 0 Å². The molecule has 1 aliphatic carbocycles. The summed E-state index contributed by atoms with van der Waals surface area (Å²) in [6.45, 7) is 4.72. The molecule has 12 rings (SSSR count). The molecule has 2 aromatic heterocycles. The topological polar surface area (TPSA) is 21.3 Å². The quantitative estimate of drug-likeness (QED) is 0.168. The second kappa shape index (κ2) is 13.2. The van der Waals surface area contributed by atoms with Crippen LogP contribution in [0.15, 0.2) is 211 Å². The Bertz CT molecular complexity index is 3480. The summed E-state index contributed by atoms with van der Waals surface area (Å²) in [6.07, 6.45) is 0. The van der Waals surface area contributed by atoms with Crippen LogP contribution in [0.25, 0.3) is 82.8 Å². The molecule has 1 aliphatic rings. The maximum atomic E-state index is 6.30. The monoisotopic (exact) mass is 768 g/mol. The molecule has 0 aliphatic heterocycles. The van der Waals surface area contributed by atoms with Gasteiger partial charge in [0.25, 0.3) is 0 Å². The highest BCUT2D eigenvalue weighted by Gasteiger charge is 2.37. The molecule has 2 heterocycles. The number of aromatic nitrogens is 1. The van der Waals surface area contributed by atoms with Gasteiger partial charge < -0.3 is 13.9 Å². The van der Waals surface area contributed by atoms with E-state index in [1.54, 1.807) is 0 Å².